The highest BCUT2D eigenvalue weighted by atomic mass is 32.2. The molecule has 0 atom stereocenters. The lowest BCUT2D eigenvalue weighted by Gasteiger charge is -2.07. The second kappa shape index (κ2) is 6.66. The van der Waals surface area contributed by atoms with Crippen molar-refractivity contribution in [3.8, 4) is 0 Å². The first kappa shape index (κ1) is 17.1. The standard InChI is InChI=1S/C17H17N3O4S/c1-20-11-14-9-12(3-8-16(14)19-20)10-18-25(22,23)15-6-4-13(5-7-15)17(21)24-2/h3-9,11,18H,10H2,1-2H3. The summed E-state index contributed by atoms with van der Waals surface area (Å²) in [6.45, 7) is 0.159. The van der Waals surface area contributed by atoms with E-state index in [1.54, 1.807) is 4.68 Å². The van der Waals surface area contributed by atoms with Crippen molar-refractivity contribution in [3.63, 3.8) is 0 Å². The molecular weight excluding hydrogens is 342 g/mol. The number of carbonyl (C=O) groups excluding carboxylic acids is 1. The first-order valence-corrected chi connectivity index (χ1v) is 8.98. The largest absolute Gasteiger partial charge is 0.465 e. The average Bonchev–Trinajstić information content (AvgIpc) is 2.98. The Morgan fingerprint density at radius 1 is 1.20 bits per heavy atom. The SMILES string of the molecule is COC(=O)c1ccc(S(=O)(=O)NCc2ccc3nn(C)cc3c2)cc1. The highest BCUT2D eigenvalue weighted by Gasteiger charge is 2.15. The second-order valence-corrected chi connectivity index (χ2v) is 7.30. The molecule has 130 valence electrons. The van der Waals surface area contributed by atoms with E-state index in [1.165, 1.54) is 31.4 Å². The summed E-state index contributed by atoms with van der Waals surface area (Å²) in [6, 6.07) is 11.2. The highest BCUT2D eigenvalue weighted by molar-refractivity contribution is 7.89. The zero-order valence-electron chi connectivity index (χ0n) is 13.8. The van der Waals surface area contributed by atoms with Crippen molar-refractivity contribution in [1.29, 1.82) is 0 Å². The smallest absolute Gasteiger partial charge is 0.337 e. The molecule has 25 heavy (non-hydrogen) atoms. The van der Waals surface area contributed by atoms with Crippen molar-refractivity contribution in [2.75, 3.05) is 7.11 Å². The van der Waals surface area contributed by atoms with Crippen LogP contribution in [-0.2, 0) is 28.4 Å². The molecule has 0 unspecified atom stereocenters. The fourth-order valence-corrected chi connectivity index (χ4v) is 3.48. The molecule has 1 N–H and O–H groups in total. The number of rotatable bonds is 5. The van der Waals surface area contributed by atoms with Gasteiger partial charge in [-0.15, -0.1) is 0 Å². The molecule has 0 saturated heterocycles. The zero-order chi connectivity index (χ0) is 18.0. The van der Waals surface area contributed by atoms with Crippen LogP contribution in [0.25, 0.3) is 10.9 Å². The Balaban J connectivity index is 1.75. The van der Waals surface area contributed by atoms with E-state index in [9.17, 15) is 13.2 Å². The minimum absolute atomic E-state index is 0.0857. The Kier molecular flexibility index (Phi) is 4.56. The number of hydrogen-bond donors (Lipinski definition) is 1. The van der Waals surface area contributed by atoms with Crippen LogP contribution >= 0.6 is 0 Å². The molecule has 1 aromatic heterocycles. The molecule has 1 heterocycles. The van der Waals surface area contributed by atoms with Gasteiger partial charge in [0.1, 0.15) is 0 Å². The lowest BCUT2D eigenvalue weighted by atomic mass is 10.2. The number of nitrogens with zero attached hydrogens (tertiary/aromatic N) is 2. The van der Waals surface area contributed by atoms with Crippen molar-refractivity contribution >= 4 is 26.9 Å². The summed E-state index contributed by atoms with van der Waals surface area (Å²) in [6.07, 6.45) is 1.87. The average molecular weight is 359 g/mol. The number of methoxy groups -OCH3 is 1. The molecule has 3 rings (SSSR count). The highest BCUT2D eigenvalue weighted by Crippen LogP contribution is 2.16. The van der Waals surface area contributed by atoms with Crippen LogP contribution in [0, 0.1) is 0 Å². The maximum Gasteiger partial charge on any atom is 0.337 e. The molecule has 0 aliphatic rings. The van der Waals surface area contributed by atoms with Gasteiger partial charge in [0.25, 0.3) is 0 Å². The van der Waals surface area contributed by atoms with Crippen LogP contribution in [-0.4, -0.2) is 31.3 Å². The van der Waals surface area contributed by atoms with Gasteiger partial charge < -0.3 is 4.74 Å². The number of benzene rings is 2. The number of ether oxygens (including phenoxy) is 1. The maximum absolute atomic E-state index is 12.4. The topological polar surface area (TPSA) is 90.3 Å². The molecule has 7 nitrogen and oxygen atoms in total. The minimum atomic E-state index is -3.68. The van der Waals surface area contributed by atoms with Crippen LogP contribution < -0.4 is 4.72 Å². The van der Waals surface area contributed by atoms with Gasteiger partial charge in [0.2, 0.25) is 10.0 Å². The van der Waals surface area contributed by atoms with Gasteiger partial charge in [-0.1, -0.05) is 6.07 Å². The van der Waals surface area contributed by atoms with E-state index in [4.69, 9.17) is 0 Å². The van der Waals surface area contributed by atoms with Crippen LogP contribution in [0.1, 0.15) is 15.9 Å². The van der Waals surface area contributed by atoms with E-state index in [-0.39, 0.29) is 11.4 Å². The molecule has 0 aliphatic carbocycles. The molecule has 0 bridgehead atoms. The molecule has 8 heteroatoms. The molecule has 0 radical (unpaired) electrons. The quantitative estimate of drug-likeness (QED) is 0.702. The summed E-state index contributed by atoms with van der Waals surface area (Å²) in [7, 11) is -0.574. The van der Waals surface area contributed by atoms with E-state index in [2.05, 4.69) is 14.6 Å². The number of hydrogen-bond acceptors (Lipinski definition) is 5. The molecule has 0 fully saturated rings. The van der Waals surface area contributed by atoms with E-state index in [0.29, 0.717) is 5.56 Å². The number of esters is 1. The summed E-state index contributed by atoms with van der Waals surface area (Å²) in [5, 5.41) is 5.23. The summed E-state index contributed by atoms with van der Waals surface area (Å²) in [5.74, 6) is -0.512. The van der Waals surface area contributed by atoms with Crippen LogP contribution in [0.15, 0.2) is 53.6 Å². The van der Waals surface area contributed by atoms with Crippen LogP contribution in [0.2, 0.25) is 0 Å². The lowest BCUT2D eigenvalue weighted by molar-refractivity contribution is 0.0600. The van der Waals surface area contributed by atoms with Crippen molar-refractivity contribution in [1.82, 2.24) is 14.5 Å². The van der Waals surface area contributed by atoms with Gasteiger partial charge in [-0.2, -0.15) is 5.10 Å². The summed E-state index contributed by atoms with van der Waals surface area (Å²) < 4.78 is 33.6. The van der Waals surface area contributed by atoms with Gasteiger partial charge in [-0.3, -0.25) is 4.68 Å². The van der Waals surface area contributed by atoms with Gasteiger partial charge in [-0.05, 0) is 42.0 Å². The fraction of sp³-hybridized carbons (Fsp3) is 0.176. The van der Waals surface area contributed by atoms with Crippen LogP contribution in [0.5, 0.6) is 0 Å². The van der Waals surface area contributed by atoms with Gasteiger partial charge >= 0.3 is 5.97 Å². The molecule has 0 saturated carbocycles. The summed E-state index contributed by atoms with van der Waals surface area (Å²) in [4.78, 5) is 11.5. The predicted octanol–water partition coefficient (Wildman–Crippen LogP) is 1.84. The Morgan fingerprint density at radius 3 is 2.60 bits per heavy atom. The second-order valence-electron chi connectivity index (χ2n) is 5.54. The van der Waals surface area contributed by atoms with Crippen LogP contribution in [0.4, 0.5) is 0 Å². The number of aromatic nitrogens is 2. The zero-order valence-corrected chi connectivity index (χ0v) is 14.6. The molecular formula is C17H17N3O4S. The number of carbonyl (C=O) groups is 1. The normalized spacial score (nSPS) is 11.6. The maximum atomic E-state index is 12.4. The Morgan fingerprint density at radius 2 is 1.92 bits per heavy atom. The lowest BCUT2D eigenvalue weighted by Crippen LogP contribution is -2.23. The number of sulfonamides is 1. The molecule has 0 aliphatic heterocycles. The van der Waals surface area contributed by atoms with Gasteiger partial charge in [-0.25, -0.2) is 17.9 Å². The molecule has 3 aromatic rings. The Bertz CT molecular complexity index is 1020. The van der Waals surface area contributed by atoms with Crippen molar-refractivity contribution in [2.24, 2.45) is 7.05 Å². The third-order valence-corrected chi connectivity index (χ3v) is 5.15. The van der Waals surface area contributed by atoms with E-state index in [1.807, 2.05) is 31.4 Å². The van der Waals surface area contributed by atoms with E-state index >= 15 is 0 Å². The summed E-state index contributed by atoms with van der Waals surface area (Å²) in [5.41, 5.74) is 1.98. The number of aryl methyl sites for hydroxylation is 1. The number of nitrogens with one attached hydrogen (secondary N) is 1. The molecule has 0 amide bonds. The first-order chi connectivity index (χ1) is 11.9. The monoisotopic (exact) mass is 359 g/mol. The predicted molar refractivity (Wildman–Crippen MR) is 92.5 cm³/mol. The Labute approximate surface area is 145 Å². The summed E-state index contributed by atoms with van der Waals surface area (Å²) >= 11 is 0. The van der Waals surface area contributed by atoms with Gasteiger partial charge in [0.15, 0.2) is 0 Å². The van der Waals surface area contributed by atoms with Gasteiger partial charge in [0, 0.05) is 25.2 Å². The fourth-order valence-electron chi connectivity index (χ4n) is 2.46. The third-order valence-electron chi connectivity index (χ3n) is 3.74. The minimum Gasteiger partial charge on any atom is -0.465 e. The van der Waals surface area contributed by atoms with Crippen molar-refractivity contribution in [2.45, 2.75) is 11.4 Å². The Hall–Kier alpha value is -2.71. The third kappa shape index (κ3) is 3.70. The van der Waals surface area contributed by atoms with Crippen LogP contribution in [0.3, 0.4) is 0 Å². The first-order valence-electron chi connectivity index (χ1n) is 7.49. The molecule has 2 aromatic carbocycles. The van der Waals surface area contributed by atoms with E-state index in [0.717, 1.165) is 16.5 Å². The molecule has 0 spiro atoms. The van der Waals surface area contributed by atoms with Gasteiger partial charge in [0.05, 0.1) is 23.1 Å². The number of fused-ring (bicyclic) bond motifs is 1. The van der Waals surface area contributed by atoms with Crippen molar-refractivity contribution < 1.29 is 17.9 Å². The van der Waals surface area contributed by atoms with E-state index < -0.39 is 16.0 Å². The van der Waals surface area contributed by atoms with Crippen molar-refractivity contribution in [3.05, 3.63) is 59.8 Å².